The van der Waals surface area contributed by atoms with Gasteiger partial charge in [-0.05, 0) is 42.3 Å². The van der Waals surface area contributed by atoms with Gasteiger partial charge in [-0.1, -0.05) is 6.07 Å². The molecule has 0 radical (unpaired) electrons. The molecule has 2 aromatic carbocycles. The molecule has 172 valence electrons. The second-order valence-corrected chi connectivity index (χ2v) is 10.1. The molecule has 0 spiro atoms. The average molecular weight is 478 g/mol. The molecular weight excluding hydrogens is 457 g/mol. The Morgan fingerprint density at radius 2 is 2.09 bits per heavy atom. The number of hydrogen-bond acceptors (Lipinski definition) is 7. The highest BCUT2D eigenvalue weighted by molar-refractivity contribution is 7.90. The molecule has 0 saturated heterocycles. The van der Waals surface area contributed by atoms with Crippen LogP contribution < -0.4 is 10.1 Å². The van der Waals surface area contributed by atoms with Crippen LogP contribution in [0.15, 0.2) is 47.6 Å². The zero-order valence-electron chi connectivity index (χ0n) is 18.5. The second-order valence-electron chi connectivity index (χ2n) is 8.13. The maximum Gasteiger partial charge on any atom is 0.208 e. The molecule has 2 aromatic heterocycles. The van der Waals surface area contributed by atoms with Crippen LogP contribution in [0.4, 0.5) is 10.3 Å². The number of imidazole rings is 1. The van der Waals surface area contributed by atoms with Crippen molar-refractivity contribution in [1.82, 2.24) is 14.4 Å². The molecule has 34 heavy (non-hydrogen) atoms. The van der Waals surface area contributed by atoms with Crippen LogP contribution in [0.25, 0.3) is 16.8 Å². The Hall–Kier alpha value is -3.97. The number of anilines is 1. The zero-order valence-corrected chi connectivity index (χ0v) is 19.3. The van der Waals surface area contributed by atoms with Gasteiger partial charge in [-0.15, -0.1) is 0 Å². The minimum atomic E-state index is -3.34. The van der Waals surface area contributed by atoms with Crippen molar-refractivity contribution in [2.45, 2.75) is 24.8 Å². The summed E-state index contributed by atoms with van der Waals surface area (Å²) in [7, 11) is -3.34. The number of aryl methyl sites for hydroxylation is 1. The fraction of sp³-hybridized carbons (Fsp3) is 0.208. The molecule has 1 aliphatic rings. The fourth-order valence-electron chi connectivity index (χ4n) is 4.19. The number of nitrogens with zero attached hydrogens (tertiary/aromatic N) is 4. The van der Waals surface area contributed by atoms with Crippen LogP contribution in [0.5, 0.6) is 5.75 Å². The first-order valence-electron chi connectivity index (χ1n) is 10.5. The number of rotatable bonds is 5. The Morgan fingerprint density at radius 1 is 1.26 bits per heavy atom. The van der Waals surface area contributed by atoms with Crippen LogP contribution in [0.2, 0.25) is 0 Å². The molecule has 10 heteroatoms. The zero-order chi connectivity index (χ0) is 24.0. The topological polar surface area (TPSA) is 109 Å². The largest absolute Gasteiger partial charge is 0.493 e. The first-order chi connectivity index (χ1) is 16.3. The van der Waals surface area contributed by atoms with E-state index in [4.69, 9.17) is 4.74 Å². The van der Waals surface area contributed by atoms with Crippen LogP contribution in [-0.2, 0) is 22.8 Å². The normalized spacial score (nSPS) is 12.9. The number of halogens is 1. The van der Waals surface area contributed by atoms with Crippen molar-refractivity contribution in [2.24, 2.45) is 0 Å². The third-order valence-corrected chi connectivity index (χ3v) is 7.00. The summed E-state index contributed by atoms with van der Waals surface area (Å²) in [6.07, 6.45) is 4.97. The number of ether oxygens (including phenoxy) is 1. The predicted octanol–water partition coefficient (Wildman–Crippen LogP) is 3.67. The summed E-state index contributed by atoms with van der Waals surface area (Å²) in [4.78, 5) is 9.15. The smallest absolute Gasteiger partial charge is 0.208 e. The Balaban J connectivity index is 1.56. The molecule has 3 heterocycles. The lowest BCUT2D eigenvalue weighted by molar-refractivity contribution is 0.356. The van der Waals surface area contributed by atoms with Gasteiger partial charge in [0.05, 0.1) is 17.7 Å². The monoisotopic (exact) mass is 477 g/mol. The first kappa shape index (κ1) is 21.9. The van der Waals surface area contributed by atoms with Crippen LogP contribution >= 0.6 is 0 Å². The standard InChI is InChI=1S/C24H20FN5O3S/c1-14-9-16(34(2,31)32)3-4-17(14)20-12-28-24(30-13-15(10-26)29-23(20)30)27-11-19-18-7-8-33-22(18)6-5-21(19)25/h3-6,9,12-13H,7-8,11H2,1-2H3,(H,27,28). The summed E-state index contributed by atoms with van der Waals surface area (Å²) in [5, 5.41) is 12.6. The van der Waals surface area contributed by atoms with Crippen molar-refractivity contribution < 1.29 is 17.5 Å². The van der Waals surface area contributed by atoms with E-state index in [1.807, 2.05) is 13.0 Å². The maximum atomic E-state index is 14.5. The molecular formula is C24H20FN5O3S. The fourth-order valence-corrected chi connectivity index (χ4v) is 4.90. The summed E-state index contributed by atoms with van der Waals surface area (Å²) in [5.41, 5.74) is 4.15. The van der Waals surface area contributed by atoms with Crippen LogP contribution in [0.3, 0.4) is 0 Å². The summed E-state index contributed by atoms with van der Waals surface area (Å²) in [6.45, 7) is 2.51. The van der Waals surface area contributed by atoms with Gasteiger partial charge in [0.25, 0.3) is 0 Å². The van der Waals surface area contributed by atoms with Gasteiger partial charge in [-0.2, -0.15) is 5.26 Å². The van der Waals surface area contributed by atoms with E-state index in [1.165, 1.54) is 12.1 Å². The molecule has 0 fully saturated rings. The third-order valence-electron chi connectivity index (χ3n) is 5.89. The summed E-state index contributed by atoms with van der Waals surface area (Å²) in [5.74, 6) is 0.762. The number of hydrogen-bond donors (Lipinski definition) is 1. The van der Waals surface area contributed by atoms with Gasteiger partial charge in [0.2, 0.25) is 5.95 Å². The second kappa shape index (κ2) is 8.11. The number of fused-ring (bicyclic) bond motifs is 2. The van der Waals surface area contributed by atoms with E-state index in [1.54, 1.807) is 35.0 Å². The van der Waals surface area contributed by atoms with E-state index in [9.17, 15) is 18.1 Å². The molecule has 1 N–H and O–H groups in total. The molecule has 0 atom stereocenters. The molecule has 1 aliphatic heterocycles. The van der Waals surface area contributed by atoms with Gasteiger partial charge in [0, 0.05) is 42.1 Å². The molecule has 0 bridgehead atoms. The molecule has 5 rings (SSSR count). The van der Waals surface area contributed by atoms with E-state index in [2.05, 4.69) is 15.3 Å². The van der Waals surface area contributed by atoms with Crippen molar-refractivity contribution in [2.75, 3.05) is 18.2 Å². The Labute approximate surface area is 195 Å². The minimum absolute atomic E-state index is 0.183. The molecule has 0 unspecified atom stereocenters. The van der Waals surface area contributed by atoms with Crippen molar-refractivity contribution in [3.8, 4) is 22.9 Å². The summed E-state index contributed by atoms with van der Waals surface area (Å²) < 4.78 is 45.6. The Bertz CT molecular complexity index is 1610. The van der Waals surface area contributed by atoms with Gasteiger partial charge in [0.15, 0.2) is 21.2 Å². The Kier molecular flexibility index (Phi) is 5.21. The molecule has 0 aliphatic carbocycles. The highest BCUT2D eigenvalue weighted by Gasteiger charge is 2.21. The summed E-state index contributed by atoms with van der Waals surface area (Å²) in [6, 6.07) is 9.91. The number of aromatic nitrogens is 3. The van der Waals surface area contributed by atoms with E-state index in [0.717, 1.165) is 22.9 Å². The lowest BCUT2D eigenvalue weighted by Gasteiger charge is -2.14. The van der Waals surface area contributed by atoms with Gasteiger partial charge in [-0.25, -0.2) is 22.8 Å². The van der Waals surface area contributed by atoms with Gasteiger partial charge >= 0.3 is 0 Å². The highest BCUT2D eigenvalue weighted by Crippen LogP contribution is 2.32. The van der Waals surface area contributed by atoms with Gasteiger partial charge in [0.1, 0.15) is 17.6 Å². The highest BCUT2D eigenvalue weighted by atomic mass is 32.2. The van der Waals surface area contributed by atoms with Gasteiger partial charge in [-0.3, -0.25) is 4.40 Å². The SMILES string of the molecule is Cc1cc(S(C)(=O)=O)ccc1-c1cnc(NCc2c(F)ccc3c2CCO3)n2cc(C#N)nc12. The van der Waals surface area contributed by atoms with E-state index < -0.39 is 9.84 Å². The van der Waals surface area contributed by atoms with Crippen molar-refractivity contribution in [3.63, 3.8) is 0 Å². The van der Waals surface area contributed by atoms with Crippen LogP contribution in [-0.4, -0.2) is 35.6 Å². The minimum Gasteiger partial charge on any atom is -0.493 e. The third kappa shape index (κ3) is 3.74. The quantitative estimate of drug-likeness (QED) is 0.467. The van der Waals surface area contributed by atoms with Crippen molar-refractivity contribution in [3.05, 3.63) is 70.9 Å². The average Bonchev–Trinajstić information content (AvgIpc) is 3.45. The maximum absolute atomic E-state index is 14.5. The molecule has 0 amide bonds. The first-order valence-corrected chi connectivity index (χ1v) is 12.4. The predicted molar refractivity (Wildman–Crippen MR) is 124 cm³/mol. The van der Waals surface area contributed by atoms with E-state index in [0.29, 0.717) is 41.5 Å². The molecule has 8 nitrogen and oxygen atoms in total. The van der Waals surface area contributed by atoms with Crippen LogP contribution in [0, 0.1) is 24.1 Å². The van der Waals surface area contributed by atoms with Crippen LogP contribution in [0.1, 0.15) is 22.4 Å². The number of benzene rings is 2. The summed E-state index contributed by atoms with van der Waals surface area (Å²) >= 11 is 0. The van der Waals surface area contributed by atoms with Crippen molar-refractivity contribution >= 4 is 21.4 Å². The lowest BCUT2D eigenvalue weighted by atomic mass is 10.0. The van der Waals surface area contributed by atoms with Crippen molar-refractivity contribution in [1.29, 1.82) is 5.26 Å². The Morgan fingerprint density at radius 3 is 2.82 bits per heavy atom. The van der Waals surface area contributed by atoms with Gasteiger partial charge < -0.3 is 10.1 Å². The lowest BCUT2D eigenvalue weighted by Crippen LogP contribution is -2.10. The van der Waals surface area contributed by atoms with E-state index >= 15 is 0 Å². The molecule has 0 saturated carbocycles. The number of sulfone groups is 1. The number of nitrogens with one attached hydrogen (secondary N) is 1. The van der Waals surface area contributed by atoms with E-state index in [-0.39, 0.29) is 23.0 Å². The number of nitriles is 1. The molecule has 4 aromatic rings.